The third kappa shape index (κ3) is 8.05. The van der Waals surface area contributed by atoms with E-state index in [0.29, 0.717) is 0 Å². The molecule has 0 aliphatic heterocycles. The van der Waals surface area contributed by atoms with Crippen molar-refractivity contribution in [2.45, 2.75) is 45.1 Å². The van der Waals surface area contributed by atoms with Gasteiger partial charge in [-0.25, -0.2) is 0 Å². The normalized spacial score (nSPS) is 17.1. The maximum absolute atomic E-state index is 11.6. The maximum atomic E-state index is 11.6. The summed E-state index contributed by atoms with van der Waals surface area (Å²) in [6.45, 7) is 3.19. The van der Waals surface area contributed by atoms with Crippen LogP contribution in [0.3, 0.4) is 0 Å². The number of rotatable bonds is 5. The molecule has 0 rings (SSSR count). The van der Waals surface area contributed by atoms with Gasteiger partial charge in [-0.15, -0.1) is 0 Å². The lowest BCUT2D eigenvalue weighted by molar-refractivity contribution is -0.139. The molecular weight excluding hydrogens is 185 g/mol. The summed E-state index contributed by atoms with van der Waals surface area (Å²) in [5, 5.41) is 8.93. The van der Waals surface area contributed by atoms with E-state index in [4.69, 9.17) is 9.84 Å². The van der Waals surface area contributed by atoms with Gasteiger partial charge >= 0.3 is 6.18 Å². The van der Waals surface area contributed by atoms with Crippen molar-refractivity contribution in [3.63, 3.8) is 0 Å². The Kier molecular flexibility index (Phi) is 5.32. The highest BCUT2D eigenvalue weighted by molar-refractivity contribution is 4.57. The third-order valence-corrected chi connectivity index (χ3v) is 1.66. The number of alkyl halides is 3. The molecule has 0 radical (unpaired) electrons. The van der Waals surface area contributed by atoms with Crippen molar-refractivity contribution in [1.29, 1.82) is 0 Å². The second-order valence-corrected chi connectivity index (χ2v) is 3.04. The Morgan fingerprint density at radius 2 is 1.85 bits per heavy atom. The Bertz CT molecular complexity index is 134. The minimum atomic E-state index is -4.11. The summed E-state index contributed by atoms with van der Waals surface area (Å²) >= 11 is 0. The smallest absolute Gasteiger partial charge is 0.389 e. The number of halogens is 3. The number of aliphatic hydroxyl groups is 1. The Morgan fingerprint density at radius 3 is 2.23 bits per heavy atom. The highest BCUT2D eigenvalue weighted by atomic mass is 19.4. The van der Waals surface area contributed by atoms with Crippen LogP contribution in [0.25, 0.3) is 0 Å². The topological polar surface area (TPSA) is 29.5 Å². The van der Waals surface area contributed by atoms with Crippen LogP contribution < -0.4 is 0 Å². The van der Waals surface area contributed by atoms with E-state index in [2.05, 4.69) is 0 Å². The molecule has 0 saturated heterocycles. The summed E-state index contributed by atoms with van der Waals surface area (Å²) in [4.78, 5) is 0. The minimum Gasteiger partial charge on any atom is -0.391 e. The van der Waals surface area contributed by atoms with Gasteiger partial charge in [-0.3, -0.25) is 0 Å². The van der Waals surface area contributed by atoms with E-state index >= 15 is 0 Å². The molecule has 0 spiro atoms. The molecule has 80 valence electrons. The molecule has 0 bridgehead atoms. The zero-order valence-electron chi connectivity index (χ0n) is 7.77. The van der Waals surface area contributed by atoms with Gasteiger partial charge in [0.25, 0.3) is 0 Å². The van der Waals surface area contributed by atoms with E-state index < -0.39 is 24.8 Å². The van der Waals surface area contributed by atoms with Crippen LogP contribution in [0.4, 0.5) is 13.2 Å². The second-order valence-electron chi connectivity index (χ2n) is 3.04. The van der Waals surface area contributed by atoms with E-state index in [0.717, 1.165) is 0 Å². The van der Waals surface area contributed by atoms with Crippen molar-refractivity contribution < 1.29 is 23.0 Å². The fraction of sp³-hybridized carbons (Fsp3) is 1.00. The third-order valence-electron chi connectivity index (χ3n) is 1.66. The zero-order valence-corrected chi connectivity index (χ0v) is 7.77. The lowest BCUT2D eigenvalue weighted by atomic mass is 10.2. The highest BCUT2D eigenvalue weighted by Gasteiger charge is 2.26. The fourth-order valence-corrected chi connectivity index (χ4v) is 0.681. The molecule has 0 aliphatic carbocycles. The predicted octanol–water partition coefficient (Wildman–Crippen LogP) is 2.11. The number of ether oxygens (including phenoxy) is 1. The molecule has 0 heterocycles. The van der Waals surface area contributed by atoms with Crippen molar-refractivity contribution >= 4 is 0 Å². The van der Waals surface area contributed by atoms with Crippen LogP contribution in [0.2, 0.25) is 0 Å². The molecular formula is C8H15F3O2. The van der Waals surface area contributed by atoms with Crippen LogP contribution in [0.15, 0.2) is 0 Å². The second kappa shape index (κ2) is 5.44. The van der Waals surface area contributed by atoms with Crippen LogP contribution in [0, 0.1) is 0 Å². The molecule has 0 aliphatic rings. The van der Waals surface area contributed by atoms with Gasteiger partial charge in [0.05, 0.1) is 12.2 Å². The van der Waals surface area contributed by atoms with E-state index in [1.54, 1.807) is 6.92 Å². The van der Waals surface area contributed by atoms with E-state index in [1.807, 2.05) is 0 Å². The molecule has 0 aromatic carbocycles. The first-order chi connectivity index (χ1) is 5.83. The molecule has 2 atom stereocenters. The standard InChI is InChI=1S/C8H15F3O2/c1-6(12)7(2)13-5-3-4-8(9,10)11/h6-7,12H,3-5H2,1-2H3. The van der Waals surface area contributed by atoms with Crippen LogP contribution in [0.5, 0.6) is 0 Å². The molecule has 0 amide bonds. The summed E-state index contributed by atoms with van der Waals surface area (Å²) < 4.78 is 39.8. The Morgan fingerprint density at radius 1 is 1.31 bits per heavy atom. The average molecular weight is 200 g/mol. The van der Waals surface area contributed by atoms with Crippen molar-refractivity contribution in [2.75, 3.05) is 6.61 Å². The Labute approximate surface area is 75.7 Å². The molecule has 0 aromatic rings. The minimum absolute atomic E-state index is 0.0333. The molecule has 0 saturated carbocycles. The van der Waals surface area contributed by atoms with Gasteiger partial charge in [-0.1, -0.05) is 0 Å². The van der Waals surface area contributed by atoms with E-state index in [1.165, 1.54) is 6.92 Å². The largest absolute Gasteiger partial charge is 0.391 e. The molecule has 5 heteroatoms. The van der Waals surface area contributed by atoms with Gasteiger partial charge in [-0.05, 0) is 20.3 Å². The molecule has 1 N–H and O–H groups in total. The van der Waals surface area contributed by atoms with Gasteiger partial charge in [0.1, 0.15) is 0 Å². The molecule has 2 unspecified atom stereocenters. The predicted molar refractivity (Wildman–Crippen MR) is 42.4 cm³/mol. The van der Waals surface area contributed by atoms with Gasteiger partial charge in [0.15, 0.2) is 0 Å². The van der Waals surface area contributed by atoms with Gasteiger partial charge in [0.2, 0.25) is 0 Å². The average Bonchev–Trinajstić information content (AvgIpc) is 1.95. The summed E-state index contributed by atoms with van der Waals surface area (Å²) in [5.41, 5.74) is 0. The van der Waals surface area contributed by atoms with Crippen LogP contribution in [-0.4, -0.2) is 30.1 Å². The van der Waals surface area contributed by atoms with Crippen molar-refractivity contribution in [3.05, 3.63) is 0 Å². The number of hydrogen-bond donors (Lipinski definition) is 1. The monoisotopic (exact) mass is 200 g/mol. The van der Waals surface area contributed by atoms with Crippen LogP contribution in [-0.2, 0) is 4.74 Å². The molecule has 0 aromatic heterocycles. The first-order valence-electron chi connectivity index (χ1n) is 4.19. The van der Waals surface area contributed by atoms with Crippen molar-refractivity contribution in [2.24, 2.45) is 0 Å². The van der Waals surface area contributed by atoms with Crippen molar-refractivity contribution in [3.8, 4) is 0 Å². The Hall–Kier alpha value is -0.290. The maximum Gasteiger partial charge on any atom is 0.389 e. The summed E-state index contributed by atoms with van der Waals surface area (Å²) in [6, 6.07) is 0. The lowest BCUT2D eigenvalue weighted by Gasteiger charge is -2.15. The SMILES string of the molecule is CC(O)C(C)OCCCC(F)(F)F. The zero-order chi connectivity index (χ0) is 10.5. The molecule has 13 heavy (non-hydrogen) atoms. The van der Waals surface area contributed by atoms with Gasteiger partial charge in [0, 0.05) is 13.0 Å². The lowest BCUT2D eigenvalue weighted by Crippen LogP contribution is -2.23. The first kappa shape index (κ1) is 12.7. The van der Waals surface area contributed by atoms with Crippen molar-refractivity contribution in [1.82, 2.24) is 0 Å². The Balaban J connectivity index is 3.36. The summed E-state index contributed by atoms with van der Waals surface area (Å²) in [6.07, 6.45) is -6.06. The highest BCUT2D eigenvalue weighted by Crippen LogP contribution is 2.21. The van der Waals surface area contributed by atoms with E-state index in [9.17, 15) is 13.2 Å². The van der Waals surface area contributed by atoms with Gasteiger partial charge in [-0.2, -0.15) is 13.2 Å². The van der Waals surface area contributed by atoms with E-state index in [-0.39, 0.29) is 13.0 Å². The van der Waals surface area contributed by atoms with Gasteiger partial charge < -0.3 is 9.84 Å². The summed E-state index contributed by atoms with van der Waals surface area (Å²) in [5.74, 6) is 0. The quantitative estimate of drug-likeness (QED) is 0.689. The van der Waals surface area contributed by atoms with Crippen LogP contribution >= 0.6 is 0 Å². The summed E-state index contributed by atoms with van der Waals surface area (Å²) in [7, 11) is 0. The number of aliphatic hydroxyl groups excluding tert-OH is 1. The molecule has 0 fully saturated rings. The molecule has 2 nitrogen and oxygen atoms in total. The number of hydrogen-bond acceptors (Lipinski definition) is 2. The first-order valence-corrected chi connectivity index (χ1v) is 4.19. The fourth-order valence-electron chi connectivity index (χ4n) is 0.681. The van der Waals surface area contributed by atoms with Crippen LogP contribution in [0.1, 0.15) is 26.7 Å².